The van der Waals surface area contributed by atoms with Crippen molar-refractivity contribution in [3.8, 4) is 0 Å². The number of nitrogens with one attached hydrogen (secondary N) is 1. The molecule has 1 aromatic heterocycles. The second kappa shape index (κ2) is 6.17. The van der Waals surface area contributed by atoms with Crippen LogP contribution in [0.15, 0.2) is 47.6 Å². The predicted octanol–water partition coefficient (Wildman–Crippen LogP) is 3.74. The van der Waals surface area contributed by atoms with Gasteiger partial charge in [-0.05, 0) is 29.7 Å². The summed E-state index contributed by atoms with van der Waals surface area (Å²) in [5.74, 6) is 0.629. The molecule has 92 valence electrons. The molecule has 1 N–H and O–H groups in total. The number of benzene rings is 1. The molecule has 18 heavy (non-hydrogen) atoms. The molecule has 0 bridgehead atoms. The van der Waals surface area contributed by atoms with Crippen LogP contribution in [0.25, 0.3) is 0 Å². The maximum Gasteiger partial charge on any atom is 0.147 e. The van der Waals surface area contributed by atoms with E-state index in [-0.39, 0.29) is 0 Å². The van der Waals surface area contributed by atoms with Crippen LogP contribution in [0.1, 0.15) is 18.1 Å². The van der Waals surface area contributed by atoms with Gasteiger partial charge in [0.1, 0.15) is 11.0 Å². The minimum Gasteiger partial charge on any atom is -0.261 e. The highest BCUT2D eigenvalue weighted by Gasteiger charge is 1.93. The molecule has 0 aliphatic rings. The summed E-state index contributed by atoms with van der Waals surface area (Å²) in [6.07, 6.45) is 2.80. The summed E-state index contributed by atoms with van der Waals surface area (Å²) in [6, 6.07) is 13.6. The van der Waals surface area contributed by atoms with Crippen LogP contribution in [0.5, 0.6) is 0 Å². The molecule has 0 saturated heterocycles. The van der Waals surface area contributed by atoms with Gasteiger partial charge in [0.15, 0.2) is 0 Å². The lowest BCUT2D eigenvalue weighted by Crippen LogP contribution is -1.93. The molecule has 2 aromatic rings. The van der Waals surface area contributed by atoms with E-state index >= 15 is 0 Å². The fourth-order valence-electron chi connectivity index (χ4n) is 1.48. The Bertz CT molecular complexity index is 535. The van der Waals surface area contributed by atoms with Crippen LogP contribution in [-0.2, 0) is 6.42 Å². The van der Waals surface area contributed by atoms with Crippen LogP contribution in [0.4, 0.5) is 5.82 Å². The van der Waals surface area contributed by atoms with Crippen molar-refractivity contribution in [2.24, 2.45) is 5.10 Å². The number of aromatic nitrogens is 1. The molecular weight excluding hydrogens is 246 g/mol. The molecule has 1 aromatic carbocycles. The molecule has 0 fully saturated rings. The molecule has 0 aliphatic carbocycles. The van der Waals surface area contributed by atoms with Gasteiger partial charge in [0.25, 0.3) is 0 Å². The Balaban J connectivity index is 1.98. The third-order valence-corrected chi connectivity index (χ3v) is 2.71. The minimum absolute atomic E-state index is 0.447. The van der Waals surface area contributed by atoms with Crippen molar-refractivity contribution in [1.82, 2.24) is 4.98 Å². The van der Waals surface area contributed by atoms with Crippen molar-refractivity contribution in [1.29, 1.82) is 0 Å². The molecule has 0 unspecified atom stereocenters. The van der Waals surface area contributed by atoms with E-state index in [4.69, 9.17) is 11.6 Å². The Hall–Kier alpha value is -1.87. The average molecular weight is 260 g/mol. The Morgan fingerprint density at radius 2 is 2.00 bits per heavy atom. The fraction of sp³-hybridized carbons (Fsp3) is 0.143. The third kappa shape index (κ3) is 3.57. The molecule has 0 spiro atoms. The van der Waals surface area contributed by atoms with Gasteiger partial charge in [0, 0.05) is 0 Å². The van der Waals surface area contributed by atoms with Crippen molar-refractivity contribution >= 4 is 23.6 Å². The first-order valence-electron chi connectivity index (χ1n) is 5.78. The second-order valence-corrected chi connectivity index (χ2v) is 4.20. The monoisotopic (exact) mass is 259 g/mol. The number of anilines is 1. The van der Waals surface area contributed by atoms with Crippen LogP contribution >= 0.6 is 11.6 Å². The number of pyridine rings is 1. The third-order valence-electron chi connectivity index (χ3n) is 2.50. The molecule has 4 heteroatoms. The van der Waals surface area contributed by atoms with Gasteiger partial charge in [0.2, 0.25) is 0 Å². The van der Waals surface area contributed by atoms with E-state index in [2.05, 4.69) is 34.6 Å². The van der Waals surface area contributed by atoms with Gasteiger partial charge in [-0.2, -0.15) is 5.10 Å². The first-order valence-corrected chi connectivity index (χ1v) is 6.16. The zero-order chi connectivity index (χ0) is 12.8. The quantitative estimate of drug-likeness (QED) is 0.516. The molecule has 0 aliphatic heterocycles. The summed E-state index contributed by atoms with van der Waals surface area (Å²) in [6.45, 7) is 2.13. The normalized spacial score (nSPS) is 10.8. The highest BCUT2D eigenvalue weighted by molar-refractivity contribution is 6.29. The summed E-state index contributed by atoms with van der Waals surface area (Å²) in [7, 11) is 0. The summed E-state index contributed by atoms with van der Waals surface area (Å²) < 4.78 is 0. The summed E-state index contributed by atoms with van der Waals surface area (Å²) >= 11 is 5.77. The molecule has 0 atom stereocenters. The maximum atomic E-state index is 5.77. The van der Waals surface area contributed by atoms with E-state index in [1.54, 1.807) is 12.3 Å². The van der Waals surface area contributed by atoms with Crippen molar-refractivity contribution in [2.75, 3.05) is 5.43 Å². The van der Waals surface area contributed by atoms with E-state index in [9.17, 15) is 0 Å². The van der Waals surface area contributed by atoms with Gasteiger partial charge < -0.3 is 0 Å². The lowest BCUT2D eigenvalue weighted by Gasteiger charge is -1.99. The largest absolute Gasteiger partial charge is 0.261 e. The molecular formula is C14H14ClN3. The van der Waals surface area contributed by atoms with Crippen molar-refractivity contribution < 1.29 is 0 Å². The van der Waals surface area contributed by atoms with Crippen LogP contribution in [-0.4, -0.2) is 11.2 Å². The zero-order valence-electron chi connectivity index (χ0n) is 10.1. The molecule has 3 nitrogen and oxygen atoms in total. The highest BCUT2D eigenvalue weighted by Crippen LogP contribution is 2.09. The lowest BCUT2D eigenvalue weighted by atomic mass is 10.1. The Labute approximate surface area is 112 Å². The fourth-order valence-corrected chi connectivity index (χ4v) is 1.65. The Morgan fingerprint density at radius 3 is 2.67 bits per heavy atom. The van der Waals surface area contributed by atoms with Crippen LogP contribution < -0.4 is 5.43 Å². The molecule has 0 saturated carbocycles. The van der Waals surface area contributed by atoms with Gasteiger partial charge in [-0.1, -0.05) is 48.9 Å². The lowest BCUT2D eigenvalue weighted by molar-refractivity contribution is 1.14. The first kappa shape index (κ1) is 12.6. The average Bonchev–Trinajstić information content (AvgIpc) is 2.40. The predicted molar refractivity (Wildman–Crippen MR) is 76.3 cm³/mol. The Kier molecular flexibility index (Phi) is 4.31. The number of hydrogen-bond acceptors (Lipinski definition) is 3. The number of nitrogens with zero attached hydrogens (tertiary/aromatic N) is 2. The standard InChI is InChI=1S/C14H14ClN3/c1-2-11-6-8-12(9-7-11)10-16-18-14-5-3-4-13(15)17-14/h3-10H,2H2,1H3,(H,17,18)/b16-10+. The van der Waals surface area contributed by atoms with Crippen LogP contribution in [0.3, 0.4) is 0 Å². The van der Waals surface area contributed by atoms with Crippen molar-refractivity contribution in [2.45, 2.75) is 13.3 Å². The zero-order valence-corrected chi connectivity index (χ0v) is 10.9. The van der Waals surface area contributed by atoms with E-state index in [0.29, 0.717) is 11.0 Å². The van der Waals surface area contributed by atoms with Crippen molar-refractivity contribution in [3.05, 3.63) is 58.7 Å². The SMILES string of the molecule is CCc1ccc(/C=N/Nc2cccc(Cl)n2)cc1. The second-order valence-electron chi connectivity index (χ2n) is 3.81. The van der Waals surface area contributed by atoms with E-state index in [0.717, 1.165) is 12.0 Å². The number of aryl methyl sites for hydroxylation is 1. The highest BCUT2D eigenvalue weighted by atomic mass is 35.5. The smallest absolute Gasteiger partial charge is 0.147 e. The summed E-state index contributed by atoms with van der Waals surface area (Å²) in [5, 5.41) is 4.56. The topological polar surface area (TPSA) is 37.3 Å². The number of hydrogen-bond donors (Lipinski definition) is 1. The van der Waals surface area contributed by atoms with Gasteiger partial charge >= 0.3 is 0 Å². The minimum atomic E-state index is 0.447. The molecule has 0 radical (unpaired) electrons. The van der Waals surface area contributed by atoms with E-state index < -0.39 is 0 Å². The maximum absolute atomic E-state index is 5.77. The molecule has 1 heterocycles. The van der Waals surface area contributed by atoms with Gasteiger partial charge in [0.05, 0.1) is 6.21 Å². The number of hydrazone groups is 1. The van der Waals surface area contributed by atoms with Crippen LogP contribution in [0.2, 0.25) is 5.15 Å². The van der Waals surface area contributed by atoms with E-state index in [1.807, 2.05) is 24.3 Å². The van der Waals surface area contributed by atoms with E-state index in [1.165, 1.54) is 5.56 Å². The van der Waals surface area contributed by atoms with Gasteiger partial charge in [-0.15, -0.1) is 0 Å². The molecule has 0 amide bonds. The number of halogens is 1. The van der Waals surface area contributed by atoms with Crippen molar-refractivity contribution in [3.63, 3.8) is 0 Å². The molecule has 2 rings (SSSR count). The van der Waals surface area contributed by atoms with Crippen LogP contribution in [0, 0.1) is 0 Å². The summed E-state index contributed by atoms with van der Waals surface area (Å²) in [4.78, 5) is 4.07. The Morgan fingerprint density at radius 1 is 1.22 bits per heavy atom. The number of rotatable bonds is 4. The summed E-state index contributed by atoms with van der Waals surface area (Å²) in [5.41, 5.74) is 5.20. The van der Waals surface area contributed by atoms with Gasteiger partial charge in [-0.25, -0.2) is 4.98 Å². The first-order chi connectivity index (χ1) is 8.78. The van der Waals surface area contributed by atoms with Gasteiger partial charge in [-0.3, -0.25) is 5.43 Å².